The minimum absolute atomic E-state index is 0.0605. The van der Waals surface area contributed by atoms with E-state index in [9.17, 15) is 4.79 Å². The molecule has 0 aromatic heterocycles. The van der Waals surface area contributed by atoms with E-state index in [1.54, 1.807) is 0 Å². The Labute approximate surface area is 123 Å². The molecule has 0 aromatic carbocycles. The Morgan fingerprint density at radius 3 is 2.60 bits per heavy atom. The summed E-state index contributed by atoms with van der Waals surface area (Å²) in [6, 6.07) is 0. The first kappa shape index (κ1) is 17.4. The fourth-order valence-corrected chi connectivity index (χ4v) is 2.42. The van der Waals surface area contributed by atoms with Gasteiger partial charge in [-0.1, -0.05) is 13.8 Å². The molecule has 1 N–H and O–H groups in total. The summed E-state index contributed by atoms with van der Waals surface area (Å²) in [5.74, 6) is 0.323. The molecular formula is C15H30N2O3. The number of nitrogens with zero attached hydrogens (tertiary/aromatic N) is 1. The highest BCUT2D eigenvalue weighted by molar-refractivity contribution is 5.78. The van der Waals surface area contributed by atoms with E-state index in [0.717, 1.165) is 45.6 Å². The Hall–Kier alpha value is -0.650. The second-order valence-electron chi connectivity index (χ2n) is 5.30. The van der Waals surface area contributed by atoms with Crippen molar-refractivity contribution in [2.24, 2.45) is 5.92 Å². The molecule has 1 unspecified atom stereocenters. The third kappa shape index (κ3) is 6.20. The summed E-state index contributed by atoms with van der Waals surface area (Å²) >= 11 is 0. The van der Waals surface area contributed by atoms with Crippen molar-refractivity contribution in [2.45, 2.75) is 39.7 Å². The molecule has 0 saturated carbocycles. The minimum Gasteiger partial charge on any atom is -0.379 e. The van der Waals surface area contributed by atoms with Crippen LogP contribution in [0.5, 0.6) is 0 Å². The van der Waals surface area contributed by atoms with Crippen molar-refractivity contribution in [3.05, 3.63) is 0 Å². The molecule has 0 bridgehead atoms. The normalized spacial score (nSPS) is 18.2. The first-order chi connectivity index (χ1) is 9.69. The first-order valence-corrected chi connectivity index (χ1v) is 7.87. The Balaban J connectivity index is 2.19. The first-order valence-electron chi connectivity index (χ1n) is 7.87. The number of nitrogens with one attached hydrogen (secondary N) is 1. The van der Waals surface area contributed by atoms with Gasteiger partial charge >= 0.3 is 0 Å². The number of hydrogen-bond donors (Lipinski definition) is 1. The molecule has 5 heteroatoms. The Morgan fingerprint density at radius 2 is 2.00 bits per heavy atom. The van der Waals surface area contributed by atoms with Crippen molar-refractivity contribution < 1.29 is 14.3 Å². The monoisotopic (exact) mass is 286 g/mol. The van der Waals surface area contributed by atoms with Gasteiger partial charge in [0.05, 0.1) is 19.3 Å². The maximum atomic E-state index is 12.2. The number of carbonyl (C=O) groups excluding carboxylic acids is 1. The zero-order chi connectivity index (χ0) is 14.8. The zero-order valence-corrected chi connectivity index (χ0v) is 13.2. The van der Waals surface area contributed by atoms with Crippen molar-refractivity contribution in [2.75, 3.05) is 46.0 Å². The zero-order valence-electron chi connectivity index (χ0n) is 13.2. The van der Waals surface area contributed by atoms with E-state index in [4.69, 9.17) is 9.47 Å². The highest BCUT2D eigenvalue weighted by Crippen LogP contribution is 2.15. The third-order valence-corrected chi connectivity index (χ3v) is 3.66. The van der Waals surface area contributed by atoms with Crippen LogP contribution >= 0.6 is 0 Å². The van der Waals surface area contributed by atoms with Crippen molar-refractivity contribution >= 4 is 5.91 Å². The molecule has 0 spiro atoms. The molecule has 20 heavy (non-hydrogen) atoms. The molecule has 118 valence electrons. The predicted octanol–water partition coefficient (Wildman–Crippen LogP) is 1.28. The summed E-state index contributed by atoms with van der Waals surface area (Å²) in [4.78, 5) is 14.2. The molecule has 5 nitrogen and oxygen atoms in total. The molecular weight excluding hydrogens is 256 g/mol. The average molecular weight is 286 g/mol. The van der Waals surface area contributed by atoms with Crippen LogP contribution in [0.1, 0.15) is 33.6 Å². The SMILES string of the molecule is CCNCC(C)C(=O)N1CCC(OCCOCC)CC1. The van der Waals surface area contributed by atoms with Gasteiger partial charge in [0.15, 0.2) is 0 Å². The van der Waals surface area contributed by atoms with Crippen LogP contribution in [0, 0.1) is 5.92 Å². The van der Waals surface area contributed by atoms with E-state index in [1.807, 2.05) is 18.7 Å². The van der Waals surface area contributed by atoms with Crippen LogP contribution in [0.15, 0.2) is 0 Å². The Kier molecular flexibility index (Phi) is 8.82. The smallest absolute Gasteiger partial charge is 0.226 e. The number of ether oxygens (including phenoxy) is 2. The van der Waals surface area contributed by atoms with Crippen molar-refractivity contribution in [1.29, 1.82) is 0 Å². The van der Waals surface area contributed by atoms with Gasteiger partial charge in [-0.05, 0) is 26.3 Å². The lowest BCUT2D eigenvalue weighted by molar-refractivity contribution is -0.137. The van der Waals surface area contributed by atoms with Gasteiger partial charge in [0.2, 0.25) is 5.91 Å². The number of carbonyl (C=O) groups is 1. The topological polar surface area (TPSA) is 50.8 Å². The van der Waals surface area contributed by atoms with Gasteiger partial charge in [-0.15, -0.1) is 0 Å². The third-order valence-electron chi connectivity index (χ3n) is 3.66. The largest absolute Gasteiger partial charge is 0.379 e. The fraction of sp³-hybridized carbons (Fsp3) is 0.933. The van der Waals surface area contributed by atoms with Crippen LogP contribution in [0.4, 0.5) is 0 Å². The van der Waals surface area contributed by atoms with Gasteiger partial charge in [0.1, 0.15) is 0 Å². The van der Waals surface area contributed by atoms with Crippen LogP contribution in [-0.2, 0) is 14.3 Å². The van der Waals surface area contributed by atoms with E-state index in [1.165, 1.54) is 0 Å². The molecule has 1 amide bonds. The minimum atomic E-state index is 0.0605. The molecule has 0 aliphatic carbocycles. The predicted molar refractivity (Wildman–Crippen MR) is 79.8 cm³/mol. The number of rotatable bonds is 9. The van der Waals surface area contributed by atoms with E-state index < -0.39 is 0 Å². The van der Waals surface area contributed by atoms with Crippen LogP contribution in [0.25, 0.3) is 0 Å². The fourth-order valence-electron chi connectivity index (χ4n) is 2.42. The lowest BCUT2D eigenvalue weighted by Crippen LogP contribution is -2.45. The summed E-state index contributed by atoms with van der Waals surface area (Å²) in [5.41, 5.74) is 0. The molecule has 1 rings (SSSR count). The molecule has 1 aliphatic rings. The van der Waals surface area contributed by atoms with E-state index in [0.29, 0.717) is 13.2 Å². The molecule has 0 radical (unpaired) electrons. The second kappa shape index (κ2) is 10.1. The number of likely N-dealkylation sites (tertiary alicyclic amines) is 1. The van der Waals surface area contributed by atoms with E-state index >= 15 is 0 Å². The molecule has 0 aromatic rings. The van der Waals surface area contributed by atoms with Crippen molar-refractivity contribution in [1.82, 2.24) is 10.2 Å². The number of hydrogen-bond acceptors (Lipinski definition) is 4. The number of piperidine rings is 1. The molecule has 1 atom stereocenters. The van der Waals surface area contributed by atoms with E-state index in [-0.39, 0.29) is 17.9 Å². The maximum absolute atomic E-state index is 12.2. The van der Waals surface area contributed by atoms with Gasteiger partial charge in [-0.25, -0.2) is 0 Å². The molecule has 1 fully saturated rings. The van der Waals surface area contributed by atoms with Crippen LogP contribution in [0.2, 0.25) is 0 Å². The maximum Gasteiger partial charge on any atom is 0.226 e. The highest BCUT2D eigenvalue weighted by atomic mass is 16.5. The highest BCUT2D eigenvalue weighted by Gasteiger charge is 2.25. The second-order valence-corrected chi connectivity index (χ2v) is 5.30. The molecule has 1 heterocycles. The molecule has 1 saturated heterocycles. The Morgan fingerprint density at radius 1 is 1.30 bits per heavy atom. The average Bonchev–Trinajstić information content (AvgIpc) is 2.49. The van der Waals surface area contributed by atoms with Crippen molar-refractivity contribution in [3.63, 3.8) is 0 Å². The van der Waals surface area contributed by atoms with Gasteiger partial charge in [-0.2, -0.15) is 0 Å². The lowest BCUT2D eigenvalue weighted by atomic mass is 10.0. The van der Waals surface area contributed by atoms with Crippen LogP contribution in [0.3, 0.4) is 0 Å². The summed E-state index contributed by atoms with van der Waals surface area (Å²) < 4.78 is 11.0. The summed E-state index contributed by atoms with van der Waals surface area (Å²) in [5, 5.41) is 3.23. The van der Waals surface area contributed by atoms with E-state index in [2.05, 4.69) is 12.2 Å². The quantitative estimate of drug-likeness (QED) is 0.649. The van der Waals surface area contributed by atoms with Crippen LogP contribution < -0.4 is 5.32 Å². The van der Waals surface area contributed by atoms with Gasteiger partial charge in [0, 0.05) is 32.2 Å². The summed E-state index contributed by atoms with van der Waals surface area (Å²) in [6.45, 7) is 11.4. The van der Waals surface area contributed by atoms with Crippen LogP contribution in [-0.4, -0.2) is 62.9 Å². The summed E-state index contributed by atoms with van der Waals surface area (Å²) in [7, 11) is 0. The summed E-state index contributed by atoms with van der Waals surface area (Å²) in [6.07, 6.45) is 2.15. The number of amides is 1. The van der Waals surface area contributed by atoms with Crippen molar-refractivity contribution in [3.8, 4) is 0 Å². The Bertz CT molecular complexity index is 266. The van der Waals surface area contributed by atoms with Gasteiger partial charge < -0.3 is 19.7 Å². The lowest BCUT2D eigenvalue weighted by Gasteiger charge is -2.33. The van der Waals surface area contributed by atoms with Gasteiger partial charge in [0.25, 0.3) is 0 Å². The molecule has 1 aliphatic heterocycles. The standard InChI is InChI=1S/C15H30N2O3/c1-4-16-12-13(3)15(18)17-8-6-14(7-9-17)20-11-10-19-5-2/h13-14,16H,4-12H2,1-3H3. The van der Waals surface area contributed by atoms with Gasteiger partial charge in [-0.3, -0.25) is 4.79 Å².